The molecule has 1 aliphatic carbocycles. The third-order valence-corrected chi connectivity index (χ3v) is 10.4. The maximum atomic E-state index is 12.3. The van der Waals surface area contributed by atoms with Gasteiger partial charge in [0.15, 0.2) is 14.1 Å². The van der Waals surface area contributed by atoms with Gasteiger partial charge in [-0.3, -0.25) is 9.59 Å². The second kappa shape index (κ2) is 10.9. The largest absolute Gasteiger partial charge is 0.461 e. The summed E-state index contributed by atoms with van der Waals surface area (Å²) in [6.45, 7) is 11.4. The Morgan fingerprint density at radius 1 is 1.17 bits per heavy atom. The average Bonchev–Trinajstić information content (AvgIpc) is 3.01. The van der Waals surface area contributed by atoms with Crippen molar-refractivity contribution >= 4 is 20.1 Å². The molecule has 1 aromatic carbocycles. The van der Waals surface area contributed by atoms with Gasteiger partial charge in [-0.15, -0.1) is 0 Å². The molecule has 0 heterocycles. The van der Waals surface area contributed by atoms with Crippen LogP contribution in [0.4, 0.5) is 0 Å². The first-order valence-corrected chi connectivity index (χ1v) is 13.8. The maximum absolute atomic E-state index is 12.3. The molecular weight excluding hydrogens is 392 g/mol. The fourth-order valence-corrected chi connectivity index (χ4v) is 4.25. The lowest BCUT2D eigenvalue weighted by molar-refractivity contribution is -0.145. The van der Waals surface area contributed by atoms with Crippen molar-refractivity contribution in [3.8, 4) is 0 Å². The van der Waals surface area contributed by atoms with Gasteiger partial charge >= 0.3 is 5.97 Å². The van der Waals surface area contributed by atoms with Crippen molar-refractivity contribution < 1.29 is 18.8 Å². The molecule has 0 aliphatic heterocycles. The van der Waals surface area contributed by atoms with Crippen LogP contribution in [-0.4, -0.2) is 26.2 Å². The van der Waals surface area contributed by atoms with Crippen LogP contribution >= 0.6 is 0 Å². The Bertz CT molecular complexity index is 772. The first-order valence-electron chi connectivity index (χ1n) is 10.9. The second-order valence-corrected chi connectivity index (χ2v) is 14.2. The molecule has 0 radical (unpaired) electrons. The predicted octanol–water partition coefficient (Wildman–Crippen LogP) is 6.14. The fourth-order valence-electron chi connectivity index (χ4n) is 2.98. The first-order chi connectivity index (χ1) is 14.1. The third kappa shape index (κ3) is 7.69. The van der Waals surface area contributed by atoms with Crippen LogP contribution < -0.4 is 0 Å². The summed E-state index contributed by atoms with van der Waals surface area (Å²) in [5, 5.41) is 0.130. The van der Waals surface area contributed by atoms with Crippen molar-refractivity contribution in [2.75, 3.05) is 0 Å². The number of carbonyl (C=O) groups is 2. The van der Waals surface area contributed by atoms with Crippen molar-refractivity contribution in [2.24, 2.45) is 0 Å². The standard InChI is InChI=1S/C25H36O4Si/c1-25(2,3)30(4,5)29-22-17-21(23(26)18-22)15-11-6-7-12-16-24(27)28-19-20-13-9-8-10-14-20/h8-11,13-15,17,22H,6-7,12,16,18-19H2,1-5H3/b15-11-/t22-/m0/s1. The topological polar surface area (TPSA) is 52.6 Å². The number of ether oxygens (including phenoxy) is 1. The SMILES string of the molecule is CC(C)(C)[Si](C)(C)O[C@H]1C=C(/C=C\CCCCC(=O)OCc2ccccc2)C(=O)C1. The van der Waals surface area contributed by atoms with Gasteiger partial charge in [0.25, 0.3) is 0 Å². The molecule has 2 rings (SSSR count). The molecule has 0 amide bonds. The molecule has 0 bridgehead atoms. The van der Waals surface area contributed by atoms with Crippen LogP contribution in [0.3, 0.4) is 0 Å². The number of unbranched alkanes of at least 4 members (excludes halogenated alkanes) is 2. The van der Waals surface area contributed by atoms with E-state index in [2.05, 4.69) is 33.9 Å². The minimum atomic E-state index is -1.88. The number of ketones is 1. The molecule has 1 atom stereocenters. The van der Waals surface area contributed by atoms with E-state index >= 15 is 0 Å². The van der Waals surface area contributed by atoms with Gasteiger partial charge in [-0.05, 0) is 49.0 Å². The monoisotopic (exact) mass is 428 g/mol. The molecule has 0 saturated carbocycles. The van der Waals surface area contributed by atoms with E-state index in [0.717, 1.165) is 30.4 Å². The Labute approximate surface area is 182 Å². The van der Waals surface area contributed by atoms with Crippen LogP contribution in [-0.2, 0) is 25.4 Å². The fraction of sp³-hybridized carbons (Fsp3) is 0.520. The quantitative estimate of drug-likeness (QED) is 0.255. The number of benzene rings is 1. The van der Waals surface area contributed by atoms with Gasteiger partial charge in [-0.25, -0.2) is 0 Å². The lowest BCUT2D eigenvalue weighted by Gasteiger charge is -2.37. The minimum Gasteiger partial charge on any atom is -0.461 e. The van der Waals surface area contributed by atoms with E-state index in [1.807, 2.05) is 48.6 Å². The molecular formula is C25H36O4Si. The van der Waals surface area contributed by atoms with Gasteiger partial charge in [-0.1, -0.05) is 63.3 Å². The lowest BCUT2D eigenvalue weighted by Crippen LogP contribution is -2.43. The molecule has 1 aliphatic rings. The number of carbonyl (C=O) groups excluding carboxylic acids is 2. The normalized spacial score (nSPS) is 17.4. The number of hydrogen-bond donors (Lipinski definition) is 0. The zero-order valence-corrected chi connectivity index (χ0v) is 20.1. The Morgan fingerprint density at radius 3 is 2.53 bits per heavy atom. The van der Waals surface area contributed by atoms with E-state index < -0.39 is 8.32 Å². The lowest BCUT2D eigenvalue weighted by atomic mass is 10.1. The molecule has 4 nitrogen and oxygen atoms in total. The van der Waals surface area contributed by atoms with Crippen LogP contribution in [0.15, 0.2) is 54.1 Å². The van der Waals surface area contributed by atoms with Gasteiger partial charge in [0.2, 0.25) is 0 Å². The van der Waals surface area contributed by atoms with Gasteiger partial charge in [0.1, 0.15) is 6.61 Å². The minimum absolute atomic E-state index is 0.0996. The number of rotatable bonds is 10. The molecule has 0 fully saturated rings. The van der Waals surface area contributed by atoms with E-state index in [-0.39, 0.29) is 22.9 Å². The smallest absolute Gasteiger partial charge is 0.306 e. The Hall–Kier alpha value is -1.98. The highest BCUT2D eigenvalue weighted by Gasteiger charge is 2.40. The van der Waals surface area contributed by atoms with Crippen molar-refractivity contribution in [3.63, 3.8) is 0 Å². The van der Waals surface area contributed by atoms with Gasteiger partial charge < -0.3 is 9.16 Å². The summed E-state index contributed by atoms with van der Waals surface area (Å²) in [5.41, 5.74) is 1.75. The zero-order valence-electron chi connectivity index (χ0n) is 19.1. The second-order valence-electron chi connectivity index (χ2n) is 9.46. The van der Waals surface area contributed by atoms with Crippen molar-refractivity contribution in [2.45, 2.75) is 83.7 Å². The number of Topliss-reactive ketones (excluding diaryl/α,β-unsaturated/α-hetero) is 1. The highest BCUT2D eigenvalue weighted by Crippen LogP contribution is 2.38. The highest BCUT2D eigenvalue weighted by atomic mass is 28.4. The molecule has 0 saturated heterocycles. The molecule has 1 aromatic rings. The maximum Gasteiger partial charge on any atom is 0.306 e. The number of esters is 1. The number of allylic oxidation sites excluding steroid dienone is 3. The van der Waals surface area contributed by atoms with Gasteiger partial charge in [0.05, 0.1) is 6.10 Å². The van der Waals surface area contributed by atoms with Crippen molar-refractivity contribution in [3.05, 3.63) is 59.7 Å². The highest BCUT2D eigenvalue weighted by molar-refractivity contribution is 6.74. The summed E-state index contributed by atoms with van der Waals surface area (Å²) < 4.78 is 11.6. The van der Waals surface area contributed by atoms with Crippen molar-refractivity contribution in [1.82, 2.24) is 0 Å². The van der Waals surface area contributed by atoms with Gasteiger partial charge in [0, 0.05) is 18.4 Å². The molecule has 0 spiro atoms. The molecule has 5 heteroatoms. The van der Waals surface area contributed by atoms with Crippen LogP contribution in [0.25, 0.3) is 0 Å². The summed E-state index contributed by atoms with van der Waals surface area (Å²) in [6.07, 6.45) is 9.18. The first kappa shape index (κ1) is 24.3. The zero-order chi connectivity index (χ0) is 22.2. The number of hydrogen-bond acceptors (Lipinski definition) is 4. The van der Waals surface area contributed by atoms with Gasteiger partial charge in [-0.2, -0.15) is 0 Å². The van der Waals surface area contributed by atoms with E-state index in [1.54, 1.807) is 0 Å². The van der Waals surface area contributed by atoms with Crippen LogP contribution in [0.1, 0.15) is 58.4 Å². The summed E-state index contributed by atoms with van der Waals surface area (Å²) in [6, 6.07) is 9.69. The van der Waals surface area contributed by atoms with E-state index in [9.17, 15) is 9.59 Å². The van der Waals surface area contributed by atoms with Crippen LogP contribution in [0, 0.1) is 0 Å². The molecule has 0 aromatic heterocycles. The molecule has 164 valence electrons. The average molecular weight is 429 g/mol. The summed E-state index contributed by atoms with van der Waals surface area (Å²) >= 11 is 0. The summed E-state index contributed by atoms with van der Waals surface area (Å²) in [4.78, 5) is 24.1. The van der Waals surface area contributed by atoms with Crippen LogP contribution in [0.2, 0.25) is 18.1 Å². The Kier molecular flexibility index (Phi) is 8.80. The predicted molar refractivity (Wildman–Crippen MR) is 124 cm³/mol. The summed E-state index contributed by atoms with van der Waals surface area (Å²) in [7, 11) is -1.88. The third-order valence-electron chi connectivity index (χ3n) is 5.87. The van der Waals surface area contributed by atoms with E-state index in [4.69, 9.17) is 9.16 Å². The van der Waals surface area contributed by atoms with Crippen LogP contribution in [0.5, 0.6) is 0 Å². The Morgan fingerprint density at radius 2 is 1.87 bits per heavy atom. The molecule has 0 N–H and O–H groups in total. The van der Waals surface area contributed by atoms with E-state index in [1.165, 1.54) is 0 Å². The van der Waals surface area contributed by atoms with E-state index in [0.29, 0.717) is 19.4 Å². The summed E-state index contributed by atoms with van der Waals surface area (Å²) in [5.74, 6) is -0.0124. The molecule has 30 heavy (non-hydrogen) atoms. The Balaban J connectivity index is 1.67. The van der Waals surface area contributed by atoms with Crippen molar-refractivity contribution in [1.29, 1.82) is 0 Å². The molecule has 0 unspecified atom stereocenters.